The van der Waals surface area contributed by atoms with Crippen LogP contribution in [-0.4, -0.2) is 17.4 Å². The molecule has 4 heterocycles. The smallest absolute Gasteiger partial charge is 0.197 e. The molecule has 2 atom stereocenters. The zero-order valence-electron chi connectivity index (χ0n) is 47.9. The number of hydrogen-bond acceptors (Lipinski definition) is 3. The lowest BCUT2D eigenvalue weighted by Crippen LogP contribution is -2.54. The third-order valence-electron chi connectivity index (χ3n) is 19.8. The first-order valence-corrected chi connectivity index (χ1v) is 29.9. The summed E-state index contributed by atoms with van der Waals surface area (Å²) in [6.07, 6.45) is 12.1. The molecule has 0 amide bonds. The van der Waals surface area contributed by atoms with Gasteiger partial charge in [0, 0.05) is 64.7 Å². The first-order chi connectivity index (χ1) is 36.1. The Morgan fingerprint density at radius 1 is 0.592 bits per heavy atom. The maximum Gasteiger partial charge on any atom is 0.197 e. The van der Waals surface area contributed by atoms with Gasteiger partial charge in [-0.15, -0.1) is 11.3 Å². The second-order valence-electron chi connectivity index (χ2n) is 27.7. The van der Waals surface area contributed by atoms with Crippen LogP contribution in [-0.2, 0) is 33.5 Å². The maximum absolute atomic E-state index is 4.15. The molecule has 2 aromatic heterocycles. The van der Waals surface area contributed by atoms with Crippen LogP contribution in [0.1, 0.15) is 181 Å². The summed E-state index contributed by atoms with van der Waals surface area (Å²) in [4.78, 5) is 2.87. The minimum atomic E-state index is -0.142. The number of anilines is 4. The number of para-hydroxylation sites is 1. The molecule has 2 unspecified atom stereocenters. The van der Waals surface area contributed by atoms with Crippen molar-refractivity contribution in [3.05, 3.63) is 149 Å². The van der Waals surface area contributed by atoms with Crippen molar-refractivity contribution in [2.24, 2.45) is 0 Å². The molecule has 5 heteroatoms. The first kappa shape index (κ1) is 49.8. The van der Waals surface area contributed by atoms with E-state index < -0.39 is 0 Å². The molecule has 2 aliphatic carbocycles. The van der Waals surface area contributed by atoms with Crippen molar-refractivity contribution in [1.29, 1.82) is 0 Å². The second kappa shape index (κ2) is 17.1. The van der Waals surface area contributed by atoms with E-state index in [-0.39, 0.29) is 32.6 Å². The van der Waals surface area contributed by atoms with Crippen LogP contribution in [0.4, 0.5) is 22.7 Å². The van der Waals surface area contributed by atoms with Gasteiger partial charge < -0.3 is 14.8 Å². The zero-order valence-corrected chi connectivity index (χ0v) is 48.7. The van der Waals surface area contributed by atoms with E-state index in [2.05, 4.69) is 227 Å². The predicted octanol–water partition coefficient (Wildman–Crippen LogP) is 18.9. The number of fused-ring (bicyclic) bond motifs is 12. The quantitative estimate of drug-likeness (QED) is 0.121. The largest absolute Gasteiger partial charge is 0.355 e. The van der Waals surface area contributed by atoms with Gasteiger partial charge in [0.05, 0.1) is 22.3 Å². The van der Waals surface area contributed by atoms with Gasteiger partial charge in [-0.3, -0.25) is 0 Å². The van der Waals surface area contributed by atoms with Gasteiger partial charge >= 0.3 is 0 Å². The van der Waals surface area contributed by atoms with Crippen LogP contribution in [0.2, 0.25) is 0 Å². The highest BCUT2D eigenvalue weighted by atomic mass is 32.1. The predicted molar refractivity (Wildman–Crippen MR) is 333 cm³/mol. The van der Waals surface area contributed by atoms with Gasteiger partial charge in [0.1, 0.15) is 0 Å². The summed E-state index contributed by atoms with van der Waals surface area (Å²) in [6.45, 7) is 31.5. The molecule has 1 radical (unpaired) electrons. The Labute approximate surface area is 458 Å². The maximum atomic E-state index is 4.15. The Hall–Kier alpha value is -5.78. The monoisotopic (exact) mass is 1020 g/mol. The van der Waals surface area contributed by atoms with Crippen molar-refractivity contribution in [2.75, 3.05) is 10.2 Å². The highest BCUT2D eigenvalue weighted by molar-refractivity contribution is 7.25. The van der Waals surface area contributed by atoms with Gasteiger partial charge in [-0.25, -0.2) is 0 Å². The Bertz CT molecular complexity index is 3850. The third-order valence-corrected chi connectivity index (χ3v) is 20.9. The van der Waals surface area contributed by atoms with Crippen molar-refractivity contribution in [1.82, 2.24) is 4.57 Å². The Balaban J connectivity index is 1.16. The van der Waals surface area contributed by atoms with Gasteiger partial charge in [0.25, 0.3) is 0 Å². The van der Waals surface area contributed by atoms with Crippen molar-refractivity contribution in [3.8, 4) is 16.8 Å². The topological polar surface area (TPSA) is 20.2 Å². The van der Waals surface area contributed by atoms with Gasteiger partial charge in [0.2, 0.25) is 0 Å². The van der Waals surface area contributed by atoms with Crippen molar-refractivity contribution >= 4 is 94.3 Å². The second-order valence-corrected chi connectivity index (χ2v) is 28.8. The summed E-state index contributed by atoms with van der Waals surface area (Å²) in [5, 5.41) is 9.58. The summed E-state index contributed by atoms with van der Waals surface area (Å²) >= 11 is 1.97. The van der Waals surface area contributed by atoms with E-state index in [0.717, 1.165) is 24.2 Å². The molecule has 76 heavy (non-hydrogen) atoms. The van der Waals surface area contributed by atoms with Crippen LogP contribution in [0.15, 0.2) is 115 Å². The highest BCUT2D eigenvalue weighted by Gasteiger charge is 2.58. The molecule has 2 aliphatic heterocycles. The van der Waals surface area contributed by atoms with Crippen molar-refractivity contribution < 1.29 is 0 Å². The third kappa shape index (κ3) is 7.47. The van der Waals surface area contributed by atoms with E-state index in [0.29, 0.717) is 0 Å². The zero-order chi connectivity index (χ0) is 53.1. The molecule has 7 aromatic carbocycles. The minimum absolute atomic E-state index is 0.00654. The number of nitrogens with zero attached hydrogens (tertiary/aromatic N) is 2. The molecule has 0 saturated heterocycles. The molecule has 3 nitrogen and oxygen atoms in total. The lowest BCUT2D eigenvalue weighted by molar-refractivity contribution is 0.195. The molecular formula is C71H79BN3S. The Kier molecular flexibility index (Phi) is 11.2. The van der Waals surface area contributed by atoms with E-state index in [1.54, 1.807) is 0 Å². The van der Waals surface area contributed by atoms with E-state index in [9.17, 15) is 0 Å². The van der Waals surface area contributed by atoms with E-state index in [4.69, 9.17) is 0 Å². The highest BCUT2D eigenvalue weighted by Crippen LogP contribution is 2.62. The molecule has 1 fully saturated rings. The number of thiophene rings is 1. The van der Waals surface area contributed by atoms with Crippen LogP contribution >= 0.6 is 11.3 Å². The molecule has 9 aromatic rings. The molecule has 13 rings (SSSR count). The molecular weight excluding hydrogens is 938 g/mol. The van der Waals surface area contributed by atoms with Gasteiger partial charge in [-0.1, -0.05) is 163 Å². The summed E-state index contributed by atoms with van der Waals surface area (Å²) in [5.41, 5.74) is 22.6. The fourth-order valence-corrected chi connectivity index (χ4v) is 15.9. The molecule has 387 valence electrons. The van der Waals surface area contributed by atoms with E-state index in [1.807, 2.05) is 11.3 Å². The molecule has 1 N–H and O–H groups in total. The number of nitrogens with one attached hydrogen (secondary N) is 1. The fourth-order valence-electron chi connectivity index (χ4n) is 14.7. The fraction of sp³-hybridized carbons (Fsp3) is 0.408. The molecule has 0 spiro atoms. The van der Waals surface area contributed by atoms with Crippen LogP contribution in [0.3, 0.4) is 0 Å². The lowest BCUT2D eigenvalue weighted by Gasteiger charge is -2.50. The lowest BCUT2D eigenvalue weighted by atomic mass is 9.58. The number of hydrogen-bond donors (Lipinski definition) is 1. The number of rotatable bonds is 8. The number of benzene rings is 7. The number of unbranched alkanes of at least 4 members (excludes halogenated alkanes) is 2. The van der Waals surface area contributed by atoms with Gasteiger partial charge in [0.15, 0.2) is 7.28 Å². The minimum Gasteiger partial charge on any atom is -0.355 e. The summed E-state index contributed by atoms with van der Waals surface area (Å²) in [6, 6.07) is 46.6. The van der Waals surface area contributed by atoms with E-state index >= 15 is 0 Å². The standard InChI is InChI=1S/C71H79BN3S/c1-14-15-16-21-43-24-28-46(29-25-43)73-56-42-62-48(49-39-53-54(41-61(49)76-62)69(10,11)35-34-68(53,8)9)38-47(56)50-40-60(75-58-23-18-17-22-52(58)70(12)32-19-20-33-71(70,75)13)63-51-36-44(66(2,3)4)26-30-57(51)74-59-31-27-45(67(5,6)7)37-55(59)72-64(50)65(63)74/h17-18,22-31,36-42,73H,14-16,19-21,32-35H2,1-13H3. The van der Waals surface area contributed by atoms with Crippen LogP contribution in [0.25, 0.3) is 58.8 Å². The summed E-state index contributed by atoms with van der Waals surface area (Å²) in [5.74, 6) is 0. The van der Waals surface area contributed by atoms with E-state index in [1.165, 1.54) is 166 Å². The van der Waals surface area contributed by atoms with Crippen molar-refractivity contribution in [3.63, 3.8) is 0 Å². The van der Waals surface area contributed by atoms with Crippen LogP contribution in [0.5, 0.6) is 0 Å². The Morgan fingerprint density at radius 2 is 1.26 bits per heavy atom. The van der Waals surface area contributed by atoms with Gasteiger partial charge in [-0.2, -0.15) is 0 Å². The van der Waals surface area contributed by atoms with Crippen molar-refractivity contribution in [2.45, 2.75) is 187 Å². The normalized spacial score (nSPS) is 20.5. The Morgan fingerprint density at radius 3 is 2.00 bits per heavy atom. The average Bonchev–Trinajstić information content (AvgIpc) is 4.22. The van der Waals surface area contributed by atoms with Gasteiger partial charge in [-0.05, 0) is 178 Å². The SMILES string of the molecule is CCCCCc1ccc(Nc2cc3sc4cc5c(cc4c3cc2-c2cc(N3c4ccccc4C4(C)CCCCC34C)c3c4cc(C(C)(C)C)ccc4n4c3c2[B]c2cc(C(C)(C)C)ccc2-4)C(C)(C)CCC5(C)C)cc1. The number of aryl methyl sites for hydroxylation is 1. The molecule has 4 aliphatic rings. The first-order valence-electron chi connectivity index (χ1n) is 29.1. The van der Waals surface area contributed by atoms with Crippen LogP contribution in [0, 0.1) is 0 Å². The van der Waals surface area contributed by atoms with Crippen LogP contribution < -0.4 is 21.1 Å². The number of aromatic nitrogens is 1. The molecule has 1 saturated carbocycles. The summed E-state index contributed by atoms with van der Waals surface area (Å²) < 4.78 is 5.39. The average molecular weight is 1020 g/mol. The summed E-state index contributed by atoms with van der Waals surface area (Å²) in [7, 11) is 2.58. The molecule has 0 bridgehead atoms.